The fraction of sp³-hybridized carbons (Fsp3) is 0.421. The normalized spacial score (nSPS) is 17.2. The van der Waals surface area contributed by atoms with E-state index in [4.69, 9.17) is 21.4 Å². The molecule has 0 aliphatic carbocycles. The van der Waals surface area contributed by atoms with Gasteiger partial charge in [0.2, 0.25) is 0 Å². The lowest BCUT2D eigenvalue weighted by Gasteiger charge is -2.33. The zero-order valence-corrected chi connectivity index (χ0v) is 15.1. The van der Waals surface area contributed by atoms with E-state index in [1.165, 1.54) is 11.1 Å². The van der Waals surface area contributed by atoms with Gasteiger partial charge in [-0.25, -0.2) is 0 Å². The topological polar surface area (TPSA) is 42.1 Å². The van der Waals surface area contributed by atoms with E-state index >= 15 is 0 Å². The third kappa shape index (κ3) is 3.96. The number of rotatable bonds is 4. The van der Waals surface area contributed by atoms with Gasteiger partial charge in [0.05, 0.1) is 45.6 Å². The van der Waals surface area contributed by atoms with E-state index in [1.807, 2.05) is 12.1 Å². The fourth-order valence-electron chi connectivity index (χ4n) is 3.53. The average molecular weight is 358 g/mol. The molecule has 2 N–H and O–H groups in total. The number of hydrogen-bond donors (Lipinski definition) is 2. The lowest BCUT2D eigenvalue weighted by molar-refractivity contribution is -0.917. The number of hydrogen-bond acceptors (Lipinski definition) is 3. The van der Waals surface area contributed by atoms with Gasteiger partial charge in [0, 0.05) is 12.0 Å². The zero-order valence-electron chi connectivity index (χ0n) is 14.3. The first-order valence-corrected chi connectivity index (χ1v) is 9.32. The minimum absolute atomic E-state index is 0.649. The van der Waals surface area contributed by atoms with Gasteiger partial charge in [-0.2, -0.15) is 0 Å². The van der Waals surface area contributed by atoms with Crippen LogP contribution in [0.1, 0.15) is 16.9 Å². The highest BCUT2D eigenvalue weighted by atomic mass is 32.1. The SMILES string of the molecule is S=C(NCc1ccco1)N1CC[NH+](Cc2ccc3c(c2)CCO3)CC1. The van der Waals surface area contributed by atoms with Gasteiger partial charge in [-0.3, -0.25) is 0 Å². The lowest BCUT2D eigenvalue weighted by Crippen LogP contribution is -3.13. The number of thiocarbonyl (C=S) groups is 1. The molecular weight excluding hydrogens is 334 g/mol. The predicted molar refractivity (Wildman–Crippen MR) is 99.8 cm³/mol. The summed E-state index contributed by atoms with van der Waals surface area (Å²) < 4.78 is 10.9. The number of nitrogens with one attached hydrogen (secondary N) is 2. The maximum absolute atomic E-state index is 5.59. The van der Waals surface area contributed by atoms with Crippen molar-refractivity contribution in [3.63, 3.8) is 0 Å². The van der Waals surface area contributed by atoms with Crippen LogP contribution < -0.4 is 15.0 Å². The van der Waals surface area contributed by atoms with Crippen molar-refractivity contribution in [3.8, 4) is 5.75 Å². The number of quaternary nitrogens is 1. The molecule has 3 heterocycles. The maximum Gasteiger partial charge on any atom is 0.169 e. The van der Waals surface area contributed by atoms with Gasteiger partial charge >= 0.3 is 0 Å². The van der Waals surface area contributed by atoms with Crippen LogP contribution in [0.15, 0.2) is 41.0 Å². The van der Waals surface area contributed by atoms with E-state index in [0.717, 1.165) is 62.4 Å². The van der Waals surface area contributed by atoms with Crippen LogP contribution in [0.5, 0.6) is 5.75 Å². The van der Waals surface area contributed by atoms with E-state index in [1.54, 1.807) is 11.2 Å². The molecule has 2 aromatic rings. The first-order chi connectivity index (χ1) is 12.3. The van der Waals surface area contributed by atoms with Crippen molar-refractivity contribution < 1.29 is 14.1 Å². The van der Waals surface area contributed by atoms with Crippen LogP contribution in [0.3, 0.4) is 0 Å². The highest BCUT2D eigenvalue weighted by molar-refractivity contribution is 7.80. The molecule has 25 heavy (non-hydrogen) atoms. The van der Waals surface area contributed by atoms with Gasteiger partial charge in [0.15, 0.2) is 5.11 Å². The second kappa shape index (κ2) is 7.45. The molecule has 6 heteroatoms. The molecule has 0 spiro atoms. The van der Waals surface area contributed by atoms with E-state index in [0.29, 0.717) is 6.54 Å². The molecule has 1 fully saturated rings. The van der Waals surface area contributed by atoms with Crippen molar-refractivity contribution >= 4 is 17.3 Å². The van der Waals surface area contributed by atoms with Crippen molar-refractivity contribution in [3.05, 3.63) is 53.5 Å². The van der Waals surface area contributed by atoms with Crippen molar-refractivity contribution in [1.29, 1.82) is 0 Å². The smallest absolute Gasteiger partial charge is 0.169 e. The van der Waals surface area contributed by atoms with Gasteiger partial charge in [-0.05, 0) is 48.1 Å². The molecule has 0 unspecified atom stereocenters. The van der Waals surface area contributed by atoms with E-state index in [9.17, 15) is 0 Å². The van der Waals surface area contributed by atoms with Crippen LogP contribution in [0.2, 0.25) is 0 Å². The Labute approximate surface area is 153 Å². The van der Waals surface area contributed by atoms with Gasteiger partial charge < -0.3 is 24.3 Å². The summed E-state index contributed by atoms with van der Waals surface area (Å²) in [5.41, 5.74) is 2.77. The Morgan fingerprint density at radius 3 is 2.92 bits per heavy atom. The third-order valence-corrected chi connectivity index (χ3v) is 5.36. The number of nitrogens with zero attached hydrogens (tertiary/aromatic N) is 1. The summed E-state index contributed by atoms with van der Waals surface area (Å²) in [4.78, 5) is 3.88. The summed E-state index contributed by atoms with van der Waals surface area (Å²) in [5.74, 6) is 1.98. The Morgan fingerprint density at radius 2 is 2.12 bits per heavy atom. The fourth-order valence-corrected chi connectivity index (χ4v) is 3.78. The summed E-state index contributed by atoms with van der Waals surface area (Å²) in [6, 6.07) is 10.5. The Balaban J connectivity index is 1.24. The summed E-state index contributed by atoms with van der Waals surface area (Å²) in [5, 5.41) is 4.11. The molecule has 1 aromatic carbocycles. The average Bonchev–Trinajstić information content (AvgIpc) is 3.31. The number of piperazine rings is 1. The highest BCUT2D eigenvalue weighted by Gasteiger charge is 2.22. The summed E-state index contributed by atoms with van der Waals surface area (Å²) in [6.07, 6.45) is 2.73. The number of ether oxygens (including phenoxy) is 1. The highest BCUT2D eigenvalue weighted by Crippen LogP contribution is 2.25. The zero-order chi connectivity index (χ0) is 17.1. The number of fused-ring (bicyclic) bond motifs is 1. The van der Waals surface area contributed by atoms with Crippen LogP contribution in [0.4, 0.5) is 0 Å². The molecule has 1 aromatic heterocycles. The second-order valence-electron chi connectivity index (χ2n) is 6.69. The number of furan rings is 1. The van der Waals surface area contributed by atoms with Gasteiger partial charge in [-0.15, -0.1) is 0 Å². The molecule has 0 saturated carbocycles. The van der Waals surface area contributed by atoms with E-state index in [-0.39, 0.29) is 0 Å². The molecule has 5 nitrogen and oxygen atoms in total. The molecule has 1 saturated heterocycles. The van der Waals surface area contributed by atoms with Gasteiger partial charge in [0.1, 0.15) is 18.1 Å². The van der Waals surface area contributed by atoms with Crippen molar-refractivity contribution in [2.24, 2.45) is 0 Å². The second-order valence-corrected chi connectivity index (χ2v) is 7.08. The molecule has 4 rings (SSSR count). The molecular formula is C19H24N3O2S+. The van der Waals surface area contributed by atoms with Crippen LogP contribution >= 0.6 is 12.2 Å². The van der Waals surface area contributed by atoms with Gasteiger partial charge in [-0.1, -0.05) is 0 Å². The van der Waals surface area contributed by atoms with Gasteiger partial charge in [0.25, 0.3) is 0 Å². The summed E-state index contributed by atoms with van der Waals surface area (Å²) in [7, 11) is 0. The van der Waals surface area contributed by atoms with Crippen LogP contribution in [-0.2, 0) is 19.5 Å². The Hall–Kier alpha value is -2.05. The molecule has 2 aliphatic heterocycles. The predicted octanol–water partition coefficient (Wildman–Crippen LogP) is 0.990. The Kier molecular flexibility index (Phi) is 4.90. The monoisotopic (exact) mass is 358 g/mol. The van der Waals surface area contributed by atoms with Crippen LogP contribution in [-0.4, -0.2) is 42.8 Å². The van der Waals surface area contributed by atoms with Crippen LogP contribution in [0, 0.1) is 0 Å². The van der Waals surface area contributed by atoms with E-state index in [2.05, 4.69) is 28.4 Å². The van der Waals surface area contributed by atoms with Crippen molar-refractivity contribution in [2.45, 2.75) is 19.5 Å². The third-order valence-electron chi connectivity index (χ3n) is 4.96. The maximum atomic E-state index is 5.59. The molecule has 0 radical (unpaired) electrons. The molecule has 0 amide bonds. The van der Waals surface area contributed by atoms with Crippen molar-refractivity contribution in [1.82, 2.24) is 10.2 Å². The molecule has 2 aliphatic rings. The lowest BCUT2D eigenvalue weighted by atomic mass is 10.1. The first kappa shape index (κ1) is 16.4. The van der Waals surface area contributed by atoms with Crippen molar-refractivity contribution in [2.75, 3.05) is 32.8 Å². The largest absolute Gasteiger partial charge is 0.493 e. The number of benzene rings is 1. The summed E-state index contributed by atoms with van der Waals surface area (Å²) in [6.45, 7) is 6.75. The molecule has 0 bridgehead atoms. The Morgan fingerprint density at radius 1 is 1.24 bits per heavy atom. The minimum atomic E-state index is 0.649. The van der Waals surface area contributed by atoms with Crippen LogP contribution in [0.25, 0.3) is 0 Å². The quantitative estimate of drug-likeness (QED) is 0.798. The first-order valence-electron chi connectivity index (χ1n) is 8.91. The summed E-state index contributed by atoms with van der Waals surface area (Å²) >= 11 is 5.52. The standard InChI is InChI=1S/C19H23N3O2S/c25-19(20-13-17-2-1-10-23-17)22-8-6-21(7-9-22)14-15-3-4-18-16(12-15)5-11-24-18/h1-4,10,12H,5-9,11,13-14H2,(H,20,25)/p+1. The van der Waals surface area contributed by atoms with E-state index < -0.39 is 0 Å². The minimum Gasteiger partial charge on any atom is -0.493 e. The Bertz CT molecular complexity index is 724. The molecule has 0 atom stereocenters. The molecule has 132 valence electrons.